The van der Waals surface area contributed by atoms with E-state index in [-0.39, 0.29) is 11.1 Å². The Morgan fingerprint density at radius 2 is 1.42 bits per heavy atom. The maximum atomic E-state index is 12.2. The van der Waals surface area contributed by atoms with Crippen LogP contribution in [0, 0.1) is 22.9 Å². The largest absolute Gasteiger partial charge is 0.248 e. The zero-order valence-corrected chi connectivity index (χ0v) is 6.44. The van der Waals surface area contributed by atoms with Crippen molar-refractivity contribution < 1.29 is 13.2 Å². The SMILES string of the molecule is Fc1c2cc-2c(F)c1F.N=C=S. The highest BCUT2D eigenvalue weighted by atomic mass is 32.1. The highest BCUT2D eigenvalue weighted by molar-refractivity contribution is 7.78. The molecule has 5 heteroatoms. The molecule has 1 nitrogen and oxygen atoms in total. The second kappa shape index (κ2) is 3.05. The van der Waals surface area contributed by atoms with Gasteiger partial charge in [-0.1, -0.05) is 0 Å². The van der Waals surface area contributed by atoms with Gasteiger partial charge in [-0.05, 0) is 18.3 Å². The van der Waals surface area contributed by atoms with Crippen LogP contribution in [-0.2, 0) is 0 Å². The first-order valence-corrected chi connectivity index (χ1v) is 3.26. The summed E-state index contributed by atoms with van der Waals surface area (Å²) in [6.45, 7) is 0. The average molecular weight is 189 g/mol. The number of nitrogens with one attached hydrogen (secondary N) is 1. The molecular weight excluding hydrogens is 187 g/mol. The summed E-state index contributed by atoms with van der Waals surface area (Å²) in [6, 6.07) is 1.27. The molecule has 62 valence electrons. The van der Waals surface area contributed by atoms with Crippen LogP contribution < -0.4 is 0 Å². The van der Waals surface area contributed by atoms with Crippen molar-refractivity contribution in [3.63, 3.8) is 0 Å². The van der Waals surface area contributed by atoms with Gasteiger partial charge in [0.15, 0.2) is 17.5 Å². The Balaban J connectivity index is 0.000000213. The summed E-state index contributed by atoms with van der Waals surface area (Å²) in [5, 5.41) is 7.36. The smallest absolute Gasteiger partial charge is 0.195 e. The lowest BCUT2D eigenvalue weighted by molar-refractivity contribution is 0.464. The minimum Gasteiger partial charge on any atom is -0.248 e. The maximum absolute atomic E-state index is 12.2. The standard InChI is InChI=1S/C6HF3.CHNS/c7-4-2-1-3(2)5(8)6(4)9;2-1-3/h1H;2H. The van der Waals surface area contributed by atoms with Crippen LogP contribution in [0.15, 0.2) is 6.07 Å². The van der Waals surface area contributed by atoms with Crippen LogP contribution in [0.3, 0.4) is 0 Å². The van der Waals surface area contributed by atoms with Gasteiger partial charge in [0.05, 0.1) is 5.16 Å². The van der Waals surface area contributed by atoms with E-state index in [4.69, 9.17) is 5.41 Å². The van der Waals surface area contributed by atoms with Crippen LogP contribution in [0.4, 0.5) is 13.2 Å². The third-order valence-electron chi connectivity index (χ3n) is 1.35. The number of rotatable bonds is 0. The van der Waals surface area contributed by atoms with E-state index in [1.54, 1.807) is 5.16 Å². The van der Waals surface area contributed by atoms with Gasteiger partial charge in [0.2, 0.25) is 0 Å². The predicted octanol–water partition coefficient (Wildman–Crippen LogP) is 2.75. The quantitative estimate of drug-likeness (QED) is 0.384. The minimum absolute atomic E-state index is 0.0880. The van der Waals surface area contributed by atoms with Crippen LogP contribution in [0.5, 0.6) is 0 Å². The molecule has 0 aromatic carbocycles. The fourth-order valence-electron chi connectivity index (χ4n) is 0.804. The summed E-state index contributed by atoms with van der Waals surface area (Å²) in [6.07, 6.45) is 0. The predicted molar refractivity (Wildman–Crippen MR) is 40.6 cm³/mol. The van der Waals surface area contributed by atoms with Crippen LogP contribution in [0.25, 0.3) is 11.1 Å². The number of fused-ring (bicyclic) bond motifs is 1. The van der Waals surface area contributed by atoms with Gasteiger partial charge < -0.3 is 0 Å². The van der Waals surface area contributed by atoms with Gasteiger partial charge in [-0.15, -0.1) is 0 Å². The number of hydrogen-bond donors (Lipinski definition) is 1. The topological polar surface area (TPSA) is 23.9 Å². The molecule has 0 bridgehead atoms. The summed E-state index contributed by atoms with van der Waals surface area (Å²) in [5.74, 6) is -3.45. The lowest BCUT2D eigenvalue weighted by Crippen LogP contribution is -1.76. The molecule has 2 aliphatic rings. The second-order valence-corrected chi connectivity index (χ2v) is 2.22. The number of hydrogen-bond acceptors (Lipinski definition) is 2. The molecule has 0 heterocycles. The zero-order valence-electron chi connectivity index (χ0n) is 5.62. The third-order valence-corrected chi connectivity index (χ3v) is 1.35. The first kappa shape index (κ1) is 8.90. The van der Waals surface area contributed by atoms with Crippen molar-refractivity contribution in [3.05, 3.63) is 23.5 Å². The van der Waals surface area contributed by atoms with E-state index < -0.39 is 17.5 Å². The number of halogens is 3. The molecule has 0 atom stereocenters. The Kier molecular flexibility index (Phi) is 2.26. The molecule has 2 rings (SSSR count). The van der Waals surface area contributed by atoms with Gasteiger partial charge in [-0.2, -0.15) is 0 Å². The molecule has 0 aliphatic heterocycles. The molecule has 0 aromatic heterocycles. The number of benzene rings is 1. The van der Waals surface area contributed by atoms with Gasteiger partial charge in [0, 0.05) is 11.1 Å². The van der Waals surface area contributed by atoms with Crippen molar-refractivity contribution in [2.75, 3.05) is 0 Å². The lowest BCUT2D eigenvalue weighted by Gasteiger charge is -1.78. The lowest BCUT2D eigenvalue weighted by atomic mass is 10.5. The molecule has 0 aromatic rings. The van der Waals surface area contributed by atoms with Gasteiger partial charge in [-0.25, -0.2) is 18.6 Å². The second-order valence-electron chi connectivity index (χ2n) is 2.02. The molecule has 2 aliphatic carbocycles. The number of isothiocyanates is 1. The fraction of sp³-hybridized carbons (Fsp3) is 0. The molecule has 0 amide bonds. The molecule has 0 radical (unpaired) electrons. The van der Waals surface area contributed by atoms with Gasteiger partial charge in [0.1, 0.15) is 0 Å². The van der Waals surface area contributed by atoms with E-state index in [0.717, 1.165) is 0 Å². The summed E-state index contributed by atoms with van der Waals surface area (Å²) in [4.78, 5) is 0. The molecule has 0 saturated carbocycles. The van der Waals surface area contributed by atoms with Crippen molar-refractivity contribution >= 4 is 17.4 Å². The minimum atomic E-state index is -1.34. The number of thiocarbonyl (C=S) groups is 1. The van der Waals surface area contributed by atoms with Crippen molar-refractivity contribution in [1.29, 1.82) is 5.41 Å². The Bertz CT molecular complexity index is 343. The van der Waals surface area contributed by atoms with Crippen LogP contribution in [0.2, 0.25) is 0 Å². The van der Waals surface area contributed by atoms with Crippen molar-refractivity contribution in [2.45, 2.75) is 0 Å². The van der Waals surface area contributed by atoms with E-state index >= 15 is 0 Å². The van der Waals surface area contributed by atoms with Crippen LogP contribution >= 0.6 is 12.2 Å². The molecule has 0 spiro atoms. The fourth-order valence-corrected chi connectivity index (χ4v) is 0.804. The van der Waals surface area contributed by atoms with Crippen molar-refractivity contribution in [2.24, 2.45) is 0 Å². The van der Waals surface area contributed by atoms with E-state index in [2.05, 4.69) is 12.2 Å². The van der Waals surface area contributed by atoms with Crippen LogP contribution in [-0.4, -0.2) is 5.16 Å². The zero-order chi connectivity index (χ0) is 9.30. The van der Waals surface area contributed by atoms with E-state index in [9.17, 15) is 13.2 Å². The van der Waals surface area contributed by atoms with Crippen molar-refractivity contribution in [1.82, 2.24) is 0 Å². The normalized spacial score (nSPS) is 9.58. The summed E-state index contributed by atoms with van der Waals surface area (Å²) < 4.78 is 36.3. The van der Waals surface area contributed by atoms with E-state index in [0.29, 0.717) is 0 Å². The molecule has 0 saturated heterocycles. The third kappa shape index (κ3) is 1.24. The Morgan fingerprint density at radius 1 is 1.08 bits per heavy atom. The Hall–Kier alpha value is -1.19. The maximum Gasteiger partial charge on any atom is 0.195 e. The summed E-state index contributed by atoms with van der Waals surface area (Å²) >= 11 is 3.81. The summed E-state index contributed by atoms with van der Waals surface area (Å²) in [7, 11) is 0. The Labute approximate surface area is 71.3 Å². The molecular formula is C7H2F3NS. The van der Waals surface area contributed by atoms with E-state index in [1.165, 1.54) is 6.07 Å². The molecule has 0 unspecified atom stereocenters. The average Bonchev–Trinajstić information content (AvgIpc) is 2.76. The van der Waals surface area contributed by atoms with Gasteiger partial charge in [-0.3, -0.25) is 0 Å². The van der Waals surface area contributed by atoms with Crippen molar-refractivity contribution in [3.8, 4) is 11.1 Å². The summed E-state index contributed by atoms with van der Waals surface area (Å²) in [5.41, 5.74) is 0.176. The van der Waals surface area contributed by atoms with Gasteiger partial charge >= 0.3 is 0 Å². The van der Waals surface area contributed by atoms with Gasteiger partial charge in [0.25, 0.3) is 0 Å². The first-order chi connectivity index (χ1) is 5.63. The molecule has 1 N–H and O–H groups in total. The first-order valence-electron chi connectivity index (χ1n) is 2.85. The Morgan fingerprint density at radius 3 is 1.58 bits per heavy atom. The highest BCUT2D eigenvalue weighted by Gasteiger charge is 2.30. The van der Waals surface area contributed by atoms with Crippen LogP contribution in [0.1, 0.15) is 0 Å². The highest BCUT2D eigenvalue weighted by Crippen LogP contribution is 2.42. The molecule has 0 fully saturated rings. The monoisotopic (exact) mass is 189 g/mol. The van der Waals surface area contributed by atoms with E-state index in [1.807, 2.05) is 0 Å². The molecule has 12 heavy (non-hydrogen) atoms.